The second-order valence-corrected chi connectivity index (χ2v) is 4.33. The van der Waals surface area contributed by atoms with Crippen molar-refractivity contribution in [3.63, 3.8) is 0 Å². The number of nitrogens with zero attached hydrogens (tertiary/aromatic N) is 2. The van der Waals surface area contributed by atoms with Crippen LogP contribution in [0.3, 0.4) is 0 Å². The van der Waals surface area contributed by atoms with Gasteiger partial charge in [-0.25, -0.2) is 0 Å². The molecule has 7 nitrogen and oxygen atoms in total. The Morgan fingerprint density at radius 2 is 2.35 bits per heavy atom. The minimum Gasteiger partial charge on any atom is -0.394 e. The molecule has 1 saturated heterocycles. The lowest BCUT2D eigenvalue weighted by molar-refractivity contribution is -0.387. The van der Waals surface area contributed by atoms with Gasteiger partial charge in [0.25, 0.3) is 5.91 Å². The average molecular weight is 284 g/mol. The molecule has 8 heteroatoms. The fourth-order valence-corrected chi connectivity index (χ4v) is 2.02. The first-order chi connectivity index (χ1) is 9.54. The van der Waals surface area contributed by atoms with Crippen LogP contribution in [0.15, 0.2) is 18.2 Å². The van der Waals surface area contributed by atoms with E-state index in [0.29, 0.717) is 6.61 Å². The molecular formula is C12H13FN2O5. The minimum atomic E-state index is -0.993. The summed E-state index contributed by atoms with van der Waals surface area (Å²) in [5.41, 5.74) is -0.733. The number of hydrogen-bond donors (Lipinski definition) is 1. The Kier molecular flexibility index (Phi) is 4.26. The lowest BCUT2D eigenvalue weighted by Gasteiger charge is -2.34. The molecule has 108 valence electrons. The third kappa shape index (κ3) is 2.75. The largest absolute Gasteiger partial charge is 0.394 e. The van der Waals surface area contributed by atoms with E-state index < -0.39 is 28.4 Å². The topological polar surface area (TPSA) is 92.9 Å². The fraction of sp³-hybridized carbons (Fsp3) is 0.417. The third-order valence-electron chi connectivity index (χ3n) is 3.09. The summed E-state index contributed by atoms with van der Waals surface area (Å²) < 4.78 is 18.4. The number of hydrogen-bond acceptors (Lipinski definition) is 5. The monoisotopic (exact) mass is 284 g/mol. The Balaban J connectivity index is 2.28. The second-order valence-electron chi connectivity index (χ2n) is 4.33. The molecule has 1 unspecified atom stereocenters. The van der Waals surface area contributed by atoms with Gasteiger partial charge in [0.15, 0.2) is 0 Å². The first-order valence-electron chi connectivity index (χ1n) is 5.98. The molecule has 0 aliphatic carbocycles. The van der Waals surface area contributed by atoms with Crippen LogP contribution >= 0.6 is 0 Å². The molecule has 1 N–H and O–H groups in total. The lowest BCUT2D eigenvalue weighted by Crippen LogP contribution is -2.50. The number of nitro benzene ring substituents is 1. The molecule has 0 saturated carbocycles. The van der Waals surface area contributed by atoms with Crippen LogP contribution in [0, 0.1) is 15.9 Å². The maximum atomic E-state index is 13.2. The predicted molar refractivity (Wildman–Crippen MR) is 65.8 cm³/mol. The smallest absolute Gasteiger partial charge is 0.305 e. The predicted octanol–water partition coefficient (Wildman–Crippen LogP) is 0.567. The maximum absolute atomic E-state index is 13.2. The molecule has 1 aliphatic heterocycles. The van der Waals surface area contributed by atoms with Gasteiger partial charge < -0.3 is 14.7 Å². The molecule has 1 atom stereocenters. The number of halogens is 1. The Morgan fingerprint density at radius 1 is 1.60 bits per heavy atom. The van der Waals surface area contributed by atoms with Gasteiger partial charge in [-0.1, -0.05) is 0 Å². The SMILES string of the molecule is O=C(c1ccc(F)c([N+](=O)[O-])c1)N1CCOCC1CO. The van der Waals surface area contributed by atoms with E-state index in [1.54, 1.807) is 0 Å². The van der Waals surface area contributed by atoms with E-state index in [-0.39, 0.29) is 25.3 Å². The Labute approximate surface area is 113 Å². The summed E-state index contributed by atoms with van der Waals surface area (Å²) in [5, 5.41) is 19.9. The van der Waals surface area contributed by atoms with Gasteiger partial charge in [-0.05, 0) is 12.1 Å². The number of morpholine rings is 1. The molecule has 0 aromatic heterocycles. The number of benzene rings is 1. The molecule has 0 radical (unpaired) electrons. The van der Waals surface area contributed by atoms with Crippen molar-refractivity contribution in [3.8, 4) is 0 Å². The van der Waals surface area contributed by atoms with Gasteiger partial charge in [0.1, 0.15) is 0 Å². The number of aliphatic hydroxyl groups excluding tert-OH is 1. The van der Waals surface area contributed by atoms with E-state index in [4.69, 9.17) is 4.74 Å². The number of carbonyl (C=O) groups excluding carboxylic acids is 1. The summed E-state index contributed by atoms with van der Waals surface area (Å²) in [7, 11) is 0. The number of nitro groups is 1. The lowest BCUT2D eigenvalue weighted by atomic mass is 10.1. The highest BCUT2D eigenvalue weighted by Gasteiger charge is 2.29. The van der Waals surface area contributed by atoms with Crippen LogP contribution in [0.4, 0.5) is 10.1 Å². The zero-order chi connectivity index (χ0) is 14.7. The van der Waals surface area contributed by atoms with Crippen LogP contribution in [0.25, 0.3) is 0 Å². The van der Waals surface area contributed by atoms with Gasteiger partial charge in [0.05, 0.1) is 30.8 Å². The van der Waals surface area contributed by atoms with E-state index in [0.717, 1.165) is 12.1 Å². The van der Waals surface area contributed by atoms with Gasteiger partial charge in [-0.2, -0.15) is 4.39 Å². The molecule has 0 spiro atoms. The summed E-state index contributed by atoms with van der Waals surface area (Å²) in [6.45, 7) is 0.529. The van der Waals surface area contributed by atoms with E-state index in [1.807, 2.05) is 0 Å². The van der Waals surface area contributed by atoms with Crippen molar-refractivity contribution in [3.05, 3.63) is 39.7 Å². The van der Waals surface area contributed by atoms with E-state index in [2.05, 4.69) is 0 Å². The summed E-state index contributed by atoms with van der Waals surface area (Å²) in [5.74, 6) is -1.48. The highest BCUT2D eigenvalue weighted by Crippen LogP contribution is 2.21. The van der Waals surface area contributed by atoms with E-state index in [9.17, 15) is 24.4 Å². The van der Waals surface area contributed by atoms with Crippen LogP contribution in [0.1, 0.15) is 10.4 Å². The van der Waals surface area contributed by atoms with Crippen LogP contribution in [0.2, 0.25) is 0 Å². The van der Waals surface area contributed by atoms with Crippen molar-refractivity contribution in [1.82, 2.24) is 4.90 Å². The molecule has 1 heterocycles. The van der Waals surface area contributed by atoms with Crippen LogP contribution in [0.5, 0.6) is 0 Å². The van der Waals surface area contributed by atoms with E-state index in [1.165, 1.54) is 11.0 Å². The first kappa shape index (κ1) is 14.4. The van der Waals surface area contributed by atoms with Crippen molar-refractivity contribution in [1.29, 1.82) is 0 Å². The molecule has 1 aliphatic rings. The van der Waals surface area contributed by atoms with Crippen LogP contribution < -0.4 is 0 Å². The van der Waals surface area contributed by atoms with Crippen molar-refractivity contribution in [2.45, 2.75) is 6.04 Å². The summed E-state index contributed by atoms with van der Waals surface area (Å²) in [4.78, 5) is 23.4. The molecule has 1 aromatic carbocycles. The van der Waals surface area contributed by atoms with Crippen LogP contribution in [-0.4, -0.2) is 53.2 Å². The number of amides is 1. The van der Waals surface area contributed by atoms with Crippen LogP contribution in [-0.2, 0) is 4.74 Å². The quantitative estimate of drug-likeness (QED) is 0.647. The Bertz CT molecular complexity index is 537. The number of carbonyl (C=O) groups is 1. The molecule has 2 rings (SSSR count). The number of rotatable bonds is 3. The molecule has 0 bridgehead atoms. The molecule has 20 heavy (non-hydrogen) atoms. The minimum absolute atomic E-state index is 0.0125. The van der Waals surface area contributed by atoms with Gasteiger partial charge in [-0.3, -0.25) is 14.9 Å². The zero-order valence-electron chi connectivity index (χ0n) is 10.5. The highest BCUT2D eigenvalue weighted by molar-refractivity contribution is 5.95. The zero-order valence-corrected chi connectivity index (χ0v) is 10.5. The van der Waals surface area contributed by atoms with Crippen molar-refractivity contribution < 1.29 is 24.0 Å². The average Bonchev–Trinajstić information content (AvgIpc) is 2.46. The first-order valence-corrected chi connectivity index (χ1v) is 5.98. The van der Waals surface area contributed by atoms with Gasteiger partial charge in [-0.15, -0.1) is 0 Å². The highest BCUT2D eigenvalue weighted by atomic mass is 19.1. The molecule has 1 aromatic rings. The molecule has 1 amide bonds. The number of aliphatic hydroxyl groups is 1. The normalized spacial score (nSPS) is 18.9. The van der Waals surface area contributed by atoms with Crippen molar-refractivity contribution in [2.75, 3.05) is 26.4 Å². The maximum Gasteiger partial charge on any atom is 0.305 e. The van der Waals surface area contributed by atoms with E-state index >= 15 is 0 Å². The molecular weight excluding hydrogens is 271 g/mol. The third-order valence-corrected chi connectivity index (χ3v) is 3.09. The standard InChI is InChI=1S/C12H13FN2O5/c13-10-2-1-8(5-11(10)15(18)19)12(17)14-3-4-20-7-9(14)6-16/h1-2,5,9,16H,3-4,6-7H2. The van der Waals surface area contributed by atoms with Gasteiger partial charge in [0, 0.05) is 18.2 Å². The fourth-order valence-electron chi connectivity index (χ4n) is 2.02. The van der Waals surface area contributed by atoms with Gasteiger partial charge >= 0.3 is 5.69 Å². The van der Waals surface area contributed by atoms with Crippen molar-refractivity contribution >= 4 is 11.6 Å². The number of ether oxygens (including phenoxy) is 1. The summed E-state index contributed by atoms with van der Waals surface area (Å²) in [6.07, 6.45) is 0. The summed E-state index contributed by atoms with van der Waals surface area (Å²) >= 11 is 0. The van der Waals surface area contributed by atoms with Crippen molar-refractivity contribution in [2.24, 2.45) is 0 Å². The summed E-state index contributed by atoms with van der Waals surface area (Å²) in [6, 6.07) is 2.48. The second kappa shape index (κ2) is 5.93. The van der Waals surface area contributed by atoms with Gasteiger partial charge in [0.2, 0.25) is 5.82 Å². The Hall–Kier alpha value is -2.06. The molecule has 1 fully saturated rings. The Morgan fingerprint density at radius 3 is 3.00 bits per heavy atom.